The van der Waals surface area contributed by atoms with E-state index in [1.807, 2.05) is 0 Å². The smallest absolute Gasteiger partial charge is 0.158 e. The summed E-state index contributed by atoms with van der Waals surface area (Å²) in [7, 11) is 3.37. The van der Waals surface area contributed by atoms with E-state index in [0.29, 0.717) is 6.54 Å². The summed E-state index contributed by atoms with van der Waals surface area (Å²) in [5.41, 5.74) is 5.99. The van der Waals surface area contributed by atoms with Gasteiger partial charge in [-0.3, -0.25) is 4.90 Å². The largest absolute Gasteiger partial charge is 0.356 e. The third-order valence-corrected chi connectivity index (χ3v) is 5.30. The minimum Gasteiger partial charge on any atom is -0.356 e. The van der Waals surface area contributed by atoms with E-state index in [9.17, 15) is 0 Å². The van der Waals surface area contributed by atoms with E-state index < -0.39 is 0 Å². The van der Waals surface area contributed by atoms with Gasteiger partial charge >= 0.3 is 0 Å². The topological polar surface area (TPSA) is 47.7 Å². The number of hydrogen-bond acceptors (Lipinski definition) is 5. The molecule has 0 aromatic rings. The molecule has 0 spiro atoms. The molecule has 5 heteroatoms. The summed E-state index contributed by atoms with van der Waals surface area (Å²) in [5, 5.41) is 0.730. The highest BCUT2D eigenvalue weighted by Crippen LogP contribution is 2.29. The number of nitrogens with two attached hydrogens (primary N) is 1. The zero-order valence-corrected chi connectivity index (χ0v) is 13.0. The monoisotopic (exact) mass is 276 g/mol. The highest BCUT2D eigenvalue weighted by Gasteiger charge is 2.36. The molecule has 1 fully saturated rings. The Morgan fingerprint density at radius 3 is 2.61 bits per heavy atom. The van der Waals surface area contributed by atoms with Gasteiger partial charge < -0.3 is 15.2 Å². The van der Waals surface area contributed by atoms with Gasteiger partial charge in [-0.05, 0) is 13.3 Å². The fraction of sp³-hybridized carbons (Fsp3) is 1.00. The summed E-state index contributed by atoms with van der Waals surface area (Å²) >= 11 is 2.08. The van der Waals surface area contributed by atoms with E-state index in [2.05, 4.69) is 30.5 Å². The Kier molecular flexibility index (Phi) is 6.95. The molecule has 0 amide bonds. The van der Waals surface area contributed by atoms with Crippen molar-refractivity contribution in [3.8, 4) is 0 Å². The predicted molar refractivity (Wildman–Crippen MR) is 78.0 cm³/mol. The second-order valence-corrected chi connectivity index (χ2v) is 6.56. The van der Waals surface area contributed by atoms with Crippen molar-refractivity contribution < 1.29 is 9.47 Å². The van der Waals surface area contributed by atoms with Gasteiger partial charge in [-0.25, -0.2) is 0 Å². The third-order valence-electron chi connectivity index (χ3n) is 3.93. The van der Waals surface area contributed by atoms with Crippen LogP contribution in [0, 0.1) is 0 Å². The lowest BCUT2D eigenvalue weighted by atomic mass is 9.94. The molecule has 0 saturated carbocycles. The maximum Gasteiger partial charge on any atom is 0.158 e. The molecule has 2 unspecified atom stereocenters. The van der Waals surface area contributed by atoms with Crippen LogP contribution in [0.1, 0.15) is 26.7 Å². The lowest BCUT2D eigenvalue weighted by molar-refractivity contribution is -0.128. The van der Waals surface area contributed by atoms with Gasteiger partial charge in [0.05, 0.1) is 0 Å². The van der Waals surface area contributed by atoms with Crippen LogP contribution in [0.25, 0.3) is 0 Å². The van der Waals surface area contributed by atoms with Crippen molar-refractivity contribution in [1.29, 1.82) is 0 Å². The van der Waals surface area contributed by atoms with Crippen LogP contribution in [0.5, 0.6) is 0 Å². The zero-order valence-electron chi connectivity index (χ0n) is 12.1. The van der Waals surface area contributed by atoms with E-state index >= 15 is 0 Å². The van der Waals surface area contributed by atoms with Crippen LogP contribution < -0.4 is 5.73 Å². The van der Waals surface area contributed by atoms with Crippen molar-refractivity contribution in [3.63, 3.8) is 0 Å². The molecule has 1 rings (SSSR count). The average molecular weight is 276 g/mol. The van der Waals surface area contributed by atoms with Gasteiger partial charge in [0.25, 0.3) is 0 Å². The number of methoxy groups -OCH3 is 2. The summed E-state index contributed by atoms with van der Waals surface area (Å²) < 4.78 is 10.7. The molecule has 1 saturated heterocycles. The summed E-state index contributed by atoms with van der Waals surface area (Å²) in [6.07, 6.45) is 1.87. The van der Waals surface area contributed by atoms with Crippen LogP contribution in [0.15, 0.2) is 0 Å². The van der Waals surface area contributed by atoms with Gasteiger partial charge in [-0.1, -0.05) is 6.92 Å². The Morgan fingerprint density at radius 1 is 1.44 bits per heavy atom. The van der Waals surface area contributed by atoms with Gasteiger partial charge in [0, 0.05) is 56.8 Å². The Hall–Kier alpha value is 0.190. The molecule has 1 heterocycles. The Balaban J connectivity index is 2.66. The van der Waals surface area contributed by atoms with Gasteiger partial charge in [-0.15, -0.1) is 0 Å². The molecule has 2 atom stereocenters. The quantitative estimate of drug-likeness (QED) is 0.715. The van der Waals surface area contributed by atoms with Crippen molar-refractivity contribution in [2.75, 3.05) is 39.6 Å². The number of hydrogen-bond donors (Lipinski definition) is 1. The van der Waals surface area contributed by atoms with E-state index in [1.54, 1.807) is 14.2 Å². The van der Waals surface area contributed by atoms with Crippen LogP contribution >= 0.6 is 11.8 Å². The van der Waals surface area contributed by atoms with Crippen LogP contribution in [-0.4, -0.2) is 61.6 Å². The molecule has 108 valence electrons. The second kappa shape index (κ2) is 7.70. The summed E-state index contributed by atoms with van der Waals surface area (Å²) in [6.45, 7) is 7.34. The molecule has 1 aliphatic heterocycles. The van der Waals surface area contributed by atoms with Crippen molar-refractivity contribution in [3.05, 3.63) is 0 Å². The molecule has 0 aromatic heterocycles. The van der Waals surface area contributed by atoms with E-state index in [0.717, 1.165) is 24.8 Å². The van der Waals surface area contributed by atoms with E-state index in [4.69, 9.17) is 15.2 Å². The van der Waals surface area contributed by atoms with Crippen molar-refractivity contribution in [1.82, 2.24) is 4.90 Å². The fourth-order valence-electron chi connectivity index (χ4n) is 2.42. The Labute approximate surface area is 116 Å². The summed E-state index contributed by atoms with van der Waals surface area (Å²) in [6, 6.07) is 0. The molecule has 0 bridgehead atoms. The third kappa shape index (κ3) is 4.10. The lowest BCUT2D eigenvalue weighted by Crippen LogP contribution is -2.57. The highest BCUT2D eigenvalue weighted by molar-refractivity contribution is 8.00. The van der Waals surface area contributed by atoms with Crippen LogP contribution in [-0.2, 0) is 9.47 Å². The minimum atomic E-state index is -0.173. The van der Waals surface area contributed by atoms with E-state index in [1.165, 1.54) is 12.2 Å². The molecule has 0 radical (unpaired) electrons. The average Bonchev–Trinajstić information content (AvgIpc) is 2.44. The maximum atomic E-state index is 6.02. The first-order valence-electron chi connectivity index (χ1n) is 6.72. The molecular formula is C13H28N2O2S. The molecule has 1 aliphatic rings. The van der Waals surface area contributed by atoms with Crippen molar-refractivity contribution in [2.45, 2.75) is 43.8 Å². The molecule has 4 nitrogen and oxygen atoms in total. The number of ether oxygens (including phenoxy) is 2. The lowest BCUT2D eigenvalue weighted by Gasteiger charge is -2.45. The molecule has 2 N–H and O–H groups in total. The molecule has 18 heavy (non-hydrogen) atoms. The van der Waals surface area contributed by atoms with Gasteiger partial charge in [0.1, 0.15) is 0 Å². The maximum absolute atomic E-state index is 6.02. The second-order valence-electron chi connectivity index (χ2n) is 5.15. The van der Waals surface area contributed by atoms with Gasteiger partial charge in [0.15, 0.2) is 6.29 Å². The van der Waals surface area contributed by atoms with Gasteiger partial charge in [0.2, 0.25) is 0 Å². The van der Waals surface area contributed by atoms with Crippen LogP contribution in [0.2, 0.25) is 0 Å². The SMILES string of the molecule is CCC1CN(C(C)(CN)CC(OC)OC)CCS1. The number of rotatable bonds is 7. The molecule has 0 aliphatic carbocycles. The first-order valence-corrected chi connectivity index (χ1v) is 7.76. The first-order chi connectivity index (χ1) is 8.59. The zero-order chi connectivity index (χ0) is 13.6. The molecule has 0 aromatic carbocycles. The van der Waals surface area contributed by atoms with Crippen LogP contribution in [0.3, 0.4) is 0 Å². The number of nitrogens with zero attached hydrogens (tertiary/aromatic N) is 1. The Bertz CT molecular complexity index is 239. The summed E-state index contributed by atoms with van der Waals surface area (Å²) in [4.78, 5) is 2.52. The number of thioether (sulfide) groups is 1. The van der Waals surface area contributed by atoms with Crippen molar-refractivity contribution in [2.24, 2.45) is 5.73 Å². The highest BCUT2D eigenvalue weighted by atomic mass is 32.2. The van der Waals surface area contributed by atoms with Crippen molar-refractivity contribution >= 4 is 11.8 Å². The summed E-state index contributed by atoms with van der Waals surface area (Å²) in [5.74, 6) is 1.19. The normalized spacial score (nSPS) is 25.3. The Morgan fingerprint density at radius 2 is 2.11 bits per heavy atom. The van der Waals surface area contributed by atoms with E-state index in [-0.39, 0.29) is 11.8 Å². The standard InChI is InChI=1S/C13H28N2O2S/c1-5-11-9-15(6-7-18-11)13(2,10-14)8-12(16-3)17-4/h11-12H,5-10,14H2,1-4H3. The predicted octanol–water partition coefficient (Wildman–Crippen LogP) is 1.54. The minimum absolute atomic E-state index is 0.0366. The first kappa shape index (κ1) is 16.2. The van der Waals surface area contributed by atoms with Gasteiger partial charge in [-0.2, -0.15) is 11.8 Å². The molecular weight excluding hydrogens is 248 g/mol. The fourth-order valence-corrected chi connectivity index (χ4v) is 3.60. The van der Waals surface area contributed by atoms with Crippen LogP contribution in [0.4, 0.5) is 0 Å².